The number of aromatic hydroxyl groups is 1. The standard InChI is InChI=1S/C23H32N2O3/c1-16-5-7-19(8-6-16)22(24-11-9-17(2)10-12-24)21-20(26)15-18(3)25(23(21)27)13-14-28-4/h5-8,15,17,22,26H,9-14H2,1-4H3/t22-/m0/s1. The summed E-state index contributed by atoms with van der Waals surface area (Å²) in [6.45, 7) is 8.97. The molecule has 0 unspecified atom stereocenters. The summed E-state index contributed by atoms with van der Waals surface area (Å²) in [5, 5.41) is 10.8. The van der Waals surface area contributed by atoms with Gasteiger partial charge in [-0.2, -0.15) is 0 Å². The Morgan fingerprint density at radius 3 is 2.43 bits per heavy atom. The lowest BCUT2D eigenvalue weighted by atomic mass is 9.91. The topological polar surface area (TPSA) is 54.7 Å². The molecule has 0 amide bonds. The highest BCUT2D eigenvalue weighted by Gasteiger charge is 2.31. The molecule has 1 fully saturated rings. The average Bonchev–Trinajstić information content (AvgIpc) is 2.67. The molecule has 1 atom stereocenters. The molecule has 1 N–H and O–H groups in total. The van der Waals surface area contributed by atoms with Crippen LogP contribution in [-0.2, 0) is 11.3 Å². The zero-order valence-corrected chi connectivity index (χ0v) is 17.4. The van der Waals surface area contributed by atoms with Crippen molar-refractivity contribution in [1.82, 2.24) is 9.47 Å². The van der Waals surface area contributed by atoms with Gasteiger partial charge in [0.25, 0.3) is 5.56 Å². The van der Waals surface area contributed by atoms with Gasteiger partial charge in [0.05, 0.1) is 18.2 Å². The third-order valence-electron chi connectivity index (χ3n) is 5.89. The van der Waals surface area contributed by atoms with E-state index in [1.54, 1.807) is 17.7 Å². The Morgan fingerprint density at radius 1 is 1.18 bits per heavy atom. The zero-order valence-electron chi connectivity index (χ0n) is 17.4. The first-order valence-corrected chi connectivity index (χ1v) is 10.1. The summed E-state index contributed by atoms with van der Waals surface area (Å²) in [5.41, 5.74) is 3.33. The van der Waals surface area contributed by atoms with Crippen molar-refractivity contribution >= 4 is 0 Å². The fraction of sp³-hybridized carbons (Fsp3) is 0.522. The van der Waals surface area contributed by atoms with Crippen LogP contribution in [0.3, 0.4) is 0 Å². The summed E-state index contributed by atoms with van der Waals surface area (Å²) >= 11 is 0. The largest absolute Gasteiger partial charge is 0.507 e. The Hall–Kier alpha value is -2.11. The Balaban J connectivity index is 2.12. The molecule has 2 heterocycles. The van der Waals surface area contributed by atoms with E-state index < -0.39 is 0 Å². The first kappa shape index (κ1) is 20.6. The molecular formula is C23H32N2O3. The fourth-order valence-corrected chi connectivity index (χ4v) is 4.08. The highest BCUT2D eigenvalue weighted by Crippen LogP contribution is 2.35. The molecule has 1 aromatic heterocycles. The Bertz CT molecular complexity index is 849. The van der Waals surface area contributed by atoms with Crippen LogP contribution in [0.2, 0.25) is 0 Å². The molecule has 1 aromatic carbocycles. The summed E-state index contributed by atoms with van der Waals surface area (Å²) in [6.07, 6.45) is 2.21. The van der Waals surface area contributed by atoms with Crippen molar-refractivity contribution in [3.05, 3.63) is 63.1 Å². The van der Waals surface area contributed by atoms with E-state index in [1.807, 2.05) is 6.92 Å². The van der Waals surface area contributed by atoms with Gasteiger partial charge in [-0.3, -0.25) is 9.69 Å². The van der Waals surface area contributed by atoms with Crippen molar-refractivity contribution in [2.75, 3.05) is 26.8 Å². The predicted molar refractivity (Wildman–Crippen MR) is 112 cm³/mol. The second-order valence-electron chi connectivity index (χ2n) is 8.07. The summed E-state index contributed by atoms with van der Waals surface area (Å²) in [4.78, 5) is 15.8. The minimum Gasteiger partial charge on any atom is -0.507 e. The molecule has 152 valence electrons. The number of pyridine rings is 1. The summed E-state index contributed by atoms with van der Waals surface area (Å²) in [5.74, 6) is 0.778. The van der Waals surface area contributed by atoms with Gasteiger partial charge >= 0.3 is 0 Å². The molecule has 5 heteroatoms. The second kappa shape index (κ2) is 8.93. The molecule has 1 saturated heterocycles. The highest BCUT2D eigenvalue weighted by atomic mass is 16.5. The summed E-state index contributed by atoms with van der Waals surface area (Å²) in [6, 6.07) is 9.77. The molecule has 0 spiro atoms. The molecule has 28 heavy (non-hydrogen) atoms. The van der Waals surface area contributed by atoms with E-state index in [-0.39, 0.29) is 17.4 Å². The van der Waals surface area contributed by atoms with Gasteiger partial charge in [-0.1, -0.05) is 36.8 Å². The molecule has 1 aliphatic heterocycles. The normalized spacial score (nSPS) is 17.0. The van der Waals surface area contributed by atoms with Gasteiger partial charge in [-0.15, -0.1) is 0 Å². The van der Waals surface area contributed by atoms with E-state index in [0.29, 0.717) is 24.6 Å². The van der Waals surface area contributed by atoms with Gasteiger partial charge in [0.1, 0.15) is 5.75 Å². The van der Waals surface area contributed by atoms with Crippen LogP contribution in [0.5, 0.6) is 5.75 Å². The molecule has 1 aliphatic rings. The predicted octanol–water partition coefficient (Wildman–Crippen LogP) is 3.64. The number of methoxy groups -OCH3 is 1. The van der Waals surface area contributed by atoms with Crippen LogP contribution in [0.15, 0.2) is 35.1 Å². The van der Waals surface area contributed by atoms with Gasteiger partial charge in [0.15, 0.2) is 0 Å². The van der Waals surface area contributed by atoms with E-state index in [9.17, 15) is 9.90 Å². The highest BCUT2D eigenvalue weighted by molar-refractivity contribution is 5.41. The summed E-state index contributed by atoms with van der Waals surface area (Å²) in [7, 11) is 1.63. The first-order valence-electron chi connectivity index (χ1n) is 10.1. The lowest BCUT2D eigenvalue weighted by Crippen LogP contribution is -2.40. The van der Waals surface area contributed by atoms with Crippen LogP contribution in [-0.4, -0.2) is 41.4 Å². The number of hydrogen-bond acceptors (Lipinski definition) is 4. The van der Waals surface area contributed by atoms with Crippen LogP contribution in [0, 0.1) is 19.8 Å². The Kier molecular flexibility index (Phi) is 6.57. The second-order valence-corrected chi connectivity index (χ2v) is 8.07. The third-order valence-corrected chi connectivity index (χ3v) is 5.89. The number of hydrogen-bond donors (Lipinski definition) is 1. The molecular weight excluding hydrogens is 352 g/mol. The fourth-order valence-electron chi connectivity index (χ4n) is 4.08. The number of piperidine rings is 1. The van der Waals surface area contributed by atoms with Crippen molar-refractivity contribution in [3.8, 4) is 5.75 Å². The number of ether oxygens (including phenoxy) is 1. The van der Waals surface area contributed by atoms with Crippen molar-refractivity contribution in [1.29, 1.82) is 0 Å². The minimum atomic E-state index is -0.241. The Morgan fingerprint density at radius 2 is 1.82 bits per heavy atom. The molecule has 5 nitrogen and oxygen atoms in total. The number of aromatic nitrogens is 1. The maximum atomic E-state index is 13.4. The van der Waals surface area contributed by atoms with E-state index >= 15 is 0 Å². The maximum Gasteiger partial charge on any atom is 0.259 e. The Labute approximate surface area is 167 Å². The summed E-state index contributed by atoms with van der Waals surface area (Å²) < 4.78 is 6.89. The van der Waals surface area contributed by atoms with Crippen molar-refractivity contribution in [3.63, 3.8) is 0 Å². The smallest absolute Gasteiger partial charge is 0.259 e. The van der Waals surface area contributed by atoms with Crippen molar-refractivity contribution in [2.24, 2.45) is 5.92 Å². The van der Waals surface area contributed by atoms with E-state index in [4.69, 9.17) is 4.74 Å². The number of likely N-dealkylation sites (tertiary alicyclic amines) is 1. The maximum absolute atomic E-state index is 13.4. The molecule has 0 radical (unpaired) electrons. The zero-order chi connectivity index (χ0) is 20.3. The molecule has 0 saturated carbocycles. The third kappa shape index (κ3) is 4.31. The van der Waals surface area contributed by atoms with Gasteiger partial charge in [0.2, 0.25) is 0 Å². The van der Waals surface area contributed by atoms with Crippen LogP contribution in [0.25, 0.3) is 0 Å². The van der Waals surface area contributed by atoms with Crippen LogP contribution < -0.4 is 5.56 Å². The van der Waals surface area contributed by atoms with E-state index in [2.05, 4.69) is 43.0 Å². The average molecular weight is 385 g/mol. The van der Waals surface area contributed by atoms with Crippen molar-refractivity contribution in [2.45, 2.75) is 46.2 Å². The quantitative estimate of drug-likeness (QED) is 0.826. The molecule has 3 rings (SSSR count). The van der Waals surface area contributed by atoms with Gasteiger partial charge < -0.3 is 14.4 Å². The lowest BCUT2D eigenvalue weighted by Gasteiger charge is -2.37. The van der Waals surface area contributed by atoms with Crippen LogP contribution >= 0.6 is 0 Å². The molecule has 0 aliphatic carbocycles. The molecule has 0 bridgehead atoms. The van der Waals surface area contributed by atoms with Gasteiger partial charge in [-0.25, -0.2) is 0 Å². The van der Waals surface area contributed by atoms with Crippen LogP contribution in [0.4, 0.5) is 0 Å². The van der Waals surface area contributed by atoms with Gasteiger partial charge in [0, 0.05) is 19.3 Å². The monoisotopic (exact) mass is 384 g/mol. The van der Waals surface area contributed by atoms with Crippen LogP contribution in [0.1, 0.15) is 48.2 Å². The number of benzene rings is 1. The number of rotatable bonds is 6. The van der Waals surface area contributed by atoms with Gasteiger partial charge in [-0.05, 0) is 57.3 Å². The molecule has 2 aromatic rings. The van der Waals surface area contributed by atoms with E-state index in [0.717, 1.165) is 37.2 Å². The minimum absolute atomic E-state index is 0.0837. The SMILES string of the molecule is COCCn1c(C)cc(O)c([C@H](c2ccc(C)cc2)N2CCC(C)CC2)c1=O. The first-order chi connectivity index (χ1) is 13.4. The van der Waals surface area contributed by atoms with E-state index in [1.165, 1.54) is 5.56 Å². The number of aryl methyl sites for hydroxylation is 2. The number of nitrogens with zero attached hydrogens (tertiary/aromatic N) is 2. The lowest BCUT2D eigenvalue weighted by molar-refractivity contribution is 0.154. The van der Waals surface area contributed by atoms with Crippen molar-refractivity contribution < 1.29 is 9.84 Å².